The lowest BCUT2D eigenvalue weighted by Gasteiger charge is -2.19. The van der Waals surface area contributed by atoms with Crippen molar-refractivity contribution in [3.8, 4) is 0 Å². The Morgan fingerprint density at radius 3 is 2.94 bits per heavy atom. The first-order valence-electron chi connectivity index (χ1n) is 5.67. The molecule has 0 spiro atoms. The molecule has 0 aromatic carbocycles. The van der Waals surface area contributed by atoms with E-state index in [-0.39, 0.29) is 5.56 Å². The van der Waals surface area contributed by atoms with Crippen LogP contribution in [0.5, 0.6) is 0 Å². The quantitative estimate of drug-likeness (QED) is 0.865. The van der Waals surface area contributed by atoms with E-state index in [9.17, 15) is 4.79 Å². The molecule has 17 heavy (non-hydrogen) atoms. The van der Waals surface area contributed by atoms with Crippen LogP contribution in [0.2, 0.25) is 0 Å². The molecule has 0 aliphatic rings. The van der Waals surface area contributed by atoms with E-state index >= 15 is 0 Å². The second-order valence-corrected chi connectivity index (χ2v) is 5.79. The Labute approximate surface area is 110 Å². The van der Waals surface area contributed by atoms with Gasteiger partial charge in [-0.05, 0) is 29.0 Å². The van der Waals surface area contributed by atoms with Crippen molar-refractivity contribution in [2.24, 2.45) is 11.8 Å². The fourth-order valence-corrected chi connectivity index (χ4v) is 3.02. The summed E-state index contributed by atoms with van der Waals surface area (Å²) in [6, 6.07) is 1.84. The highest BCUT2D eigenvalue weighted by Crippen LogP contribution is 2.16. The van der Waals surface area contributed by atoms with E-state index in [0.717, 1.165) is 16.0 Å². The predicted molar refractivity (Wildman–Crippen MR) is 76.1 cm³/mol. The summed E-state index contributed by atoms with van der Waals surface area (Å²) in [5.41, 5.74) is 0.0590. The van der Waals surface area contributed by atoms with Gasteiger partial charge < -0.3 is 0 Å². The monoisotopic (exact) mass is 268 g/mol. The number of aromatic nitrogens is 2. The summed E-state index contributed by atoms with van der Waals surface area (Å²) in [4.78, 5) is 17.3. The molecule has 0 fully saturated rings. The largest absolute Gasteiger partial charge is 0.298 e. The van der Waals surface area contributed by atoms with E-state index in [1.807, 2.05) is 11.4 Å². The van der Waals surface area contributed by atoms with E-state index < -0.39 is 0 Å². The molecular weight excluding hydrogens is 252 g/mol. The molecule has 2 aromatic heterocycles. The standard InChI is InChI=1S/C12H16N2OS2/c1-8(2)9(6-16)5-14-7-13-11-10(12(14)15)3-4-17-11/h3-4,7-9,16H,5-6H2,1-2H3. The van der Waals surface area contributed by atoms with Gasteiger partial charge in [-0.2, -0.15) is 12.6 Å². The van der Waals surface area contributed by atoms with Crippen LogP contribution >= 0.6 is 24.0 Å². The van der Waals surface area contributed by atoms with Crippen LogP contribution in [0.25, 0.3) is 10.2 Å². The van der Waals surface area contributed by atoms with Gasteiger partial charge in [0.25, 0.3) is 5.56 Å². The van der Waals surface area contributed by atoms with E-state index in [1.165, 1.54) is 11.3 Å². The Kier molecular flexibility index (Phi) is 3.89. The summed E-state index contributed by atoms with van der Waals surface area (Å²) in [5.74, 6) is 1.69. The summed E-state index contributed by atoms with van der Waals surface area (Å²) in [7, 11) is 0. The molecule has 0 radical (unpaired) electrons. The summed E-state index contributed by atoms with van der Waals surface area (Å²) in [6.07, 6.45) is 1.65. The van der Waals surface area contributed by atoms with Crippen LogP contribution in [0.15, 0.2) is 22.6 Å². The topological polar surface area (TPSA) is 34.9 Å². The molecule has 92 valence electrons. The molecule has 1 unspecified atom stereocenters. The van der Waals surface area contributed by atoms with Crippen molar-refractivity contribution in [1.82, 2.24) is 9.55 Å². The number of fused-ring (bicyclic) bond motifs is 1. The Bertz CT molecular complexity index is 559. The van der Waals surface area contributed by atoms with Crippen molar-refractivity contribution in [3.05, 3.63) is 28.1 Å². The average Bonchev–Trinajstić information content (AvgIpc) is 2.76. The number of rotatable bonds is 4. The Morgan fingerprint density at radius 2 is 2.29 bits per heavy atom. The minimum atomic E-state index is 0.0590. The lowest BCUT2D eigenvalue weighted by atomic mass is 9.98. The molecule has 0 bridgehead atoms. The third-order valence-corrected chi connectivity index (χ3v) is 4.35. The van der Waals surface area contributed by atoms with Crippen molar-refractivity contribution < 1.29 is 0 Å². The van der Waals surface area contributed by atoms with Crippen LogP contribution in [0.3, 0.4) is 0 Å². The molecule has 0 aliphatic heterocycles. The molecule has 2 aromatic rings. The maximum atomic E-state index is 12.2. The Morgan fingerprint density at radius 1 is 1.53 bits per heavy atom. The van der Waals surface area contributed by atoms with Crippen LogP contribution in [0.4, 0.5) is 0 Å². The molecule has 0 amide bonds. The lowest BCUT2D eigenvalue weighted by molar-refractivity contribution is 0.366. The van der Waals surface area contributed by atoms with Gasteiger partial charge >= 0.3 is 0 Å². The number of thiophene rings is 1. The van der Waals surface area contributed by atoms with Crippen molar-refractivity contribution in [2.75, 3.05) is 5.75 Å². The summed E-state index contributed by atoms with van der Waals surface area (Å²) in [6.45, 7) is 5.00. The van der Waals surface area contributed by atoms with Gasteiger partial charge in [0.1, 0.15) is 4.83 Å². The Hall–Kier alpha value is -0.810. The first-order chi connectivity index (χ1) is 8.13. The minimum absolute atomic E-state index is 0.0590. The molecular formula is C12H16N2OS2. The molecule has 0 aliphatic carbocycles. The highest BCUT2D eigenvalue weighted by Gasteiger charge is 2.14. The highest BCUT2D eigenvalue weighted by atomic mass is 32.1. The first-order valence-corrected chi connectivity index (χ1v) is 7.18. The van der Waals surface area contributed by atoms with Gasteiger partial charge in [-0.15, -0.1) is 11.3 Å². The van der Waals surface area contributed by atoms with E-state index in [0.29, 0.717) is 18.4 Å². The van der Waals surface area contributed by atoms with E-state index in [2.05, 4.69) is 31.5 Å². The van der Waals surface area contributed by atoms with Gasteiger partial charge in [-0.3, -0.25) is 9.36 Å². The van der Waals surface area contributed by atoms with Crippen molar-refractivity contribution in [2.45, 2.75) is 20.4 Å². The second kappa shape index (κ2) is 5.23. The molecule has 0 N–H and O–H groups in total. The zero-order chi connectivity index (χ0) is 12.4. The molecule has 0 saturated heterocycles. The molecule has 5 heteroatoms. The lowest BCUT2D eigenvalue weighted by Crippen LogP contribution is -2.27. The zero-order valence-electron chi connectivity index (χ0n) is 9.96. The van der Waals surface area contributed by atoms with Crippen LogP contribution in [0, 0.1) is 11.8 Å². The van der Waals surface area contributed by atoms with Crippen LogP contribution in [0.1, 0.15) is 13.8 Å². The number of hydrogen-bond acceptors (Lipinski definition) is 4. The van der Waals surface area contributed by atoms with Gasteiger partial charge in [0.05, 0.1) is 11.7 Å². The van der Waals surface area contributed by atoms with Crippen LogP contribution in [-0.2, 0) is 6.54 Å². The summed E-state index contributed by atoms with van der Waals surface area (Å²) < 4.78 is 1.70. The summed E-state index contributed by atoms with van der Waals surface area (Å²) in [5, 5.41) is 2.63. The molecule has 2 heterocycles. The molecule has 0 saturated carbocycles. The number of nitrogens with zero attached hydrogens (tertiary/aromatic N) is 2. The van der Waals surface area contributed by atoms with Gasteiger partial charge in [0.2, 0.25) is 0 Å². The SMILES string of the molecule is CC(C)C(CS)Cn1cnc2sccc2c1=O. The Balaban J connectivity index is 2.36. The van der Waals surface area contributed by atoms with Gasteiger partial charge in [-0.25, -0.2) is 4.98 Å². The van der Waals surface area contributed by atoms with Crippen molar-refractivity contribution in [1.29, 1.82) is 0 Å². The maximum Gasteiger partial charge on any atom is 0.262 e. The van der Waals surface area contributed by atoms with Gasteiger partial charge in [-0.1, -0.05) is 13.8 Å². The second-order valence-electron chi connectivity index (χ2n) is 4.53. The van der Waals surface area contributed by atoms with E-state index in [4.69, 9.17) is 0 Å². The third-order valence-electron chi connectivity index (χ3n) is 3.06. The van der Waals surface area contributed by atoms with Gasteiger partial charge in [0, 0.05) is 6.54 Å². The first kappa shape index (κ1) is 12.6. The molecule has 3 nitrogen and oxygen atoms in total. The van der Waals surface area contributed by atoms with E-state index in [1.54, 1.807) is 10.9 Å². The normalized spacial score (nSPS) is 13.4. The molecule has 1 atom stereocenters. The van der Waals surface area contributed by atoms with Crippen molar-refractivity contribution in [3.63, 3.8) is 0 Å². The van der Waals surface area contributed by atoms with Crippen molar-refractivity contribution >= 4 is 34.2 Å². The van der Waals surface area contributed by atoms with Crippen LogP contribution < -0.4 is 5.56 Å². The molecule has 2 rings (SSSR count). The number of thiol groups is 1. The average molecular weight is 268 g/mol. The smallest absolute Gasteiger partial charge is 0.262 e. The minimum Gasteiger partial charge on any atom is -0.298 e. The third kappa shape index (κ3) is 2.55. The highest BCUT2D eigenvalue weighted by molar-refractivity contribution is 7.80. The summed E-state index contributed by atoms with van der Waals surface area (Å²) >= 11 is 5.85. The number of hydrogen-bond donors (Lipinski definition) is 1. The fourth-order valence-electron chi connectivity index (χ4n) is 1.76. The predicted octanol–water partition coefficient (Wildman–Crippen LogP) is 2.66. The zero-order valence-corrected chi connectivity index (χ0v) is 11.7. The maximum absolute atomic E-state index is 12.2. The van der Waals surface area contributed by atoms with Gasteiger partial charge in [0.15, 0.2) is 0 Å². The fraction of sp³-hybridized carbons (Fsp3) is 0.500. The van der Waals surface area contributed by atoms with Crippen LogP contribution in [-0.4, -0.2) is 15.3 Å².